The van der Waals surface area contributed by atoms with E-state index in [9.17, 15) is 26.7 Å². The Labute approximate surface area is 171 Å². The molecule has 2 aliphatic rings. The molecule has 1 saturated heterocycles. The molecule has 0 aromatic rings. The zero-order valence-corrected chi connectivity index (χ0v) is 17.9. The molecule has 0 bridgehead atoms. The van der Waals surface area contributed by atoms with Crippen molar-refractivity contribution in [2.24, 2.45) is 16.3 Å². The molecule has 0 aromatic carbocycles. The molecule has 1 heterocycles. The summed E-state index contributed by atoms with van der Waals surface area (Å²) in [6, 6.07) is 0. The fraction of sp³-hybridized carbons (Fsp3) is 0.944. The lowest BCUT2D eigenvalue weighted by Gasteiger charge is -2.37. The molecule has 0 aromatic heterocycles. The second kappa shape index (κ2) is 9.82. The number of halogens is 3. The number of piperidine rings is 1. The van der Waals surface area contributed by atoms with Crippen molar-refractivity contribution >= 4 is 16.0 Å². The van der Waals surface area contributed by atoms with Gasteiger partial charge in [0.25, 0.3) is 0 Å². The summed E-state index contributed by atoms with van der Waals surface area (Å²) in [6.45, 7) is 5.37. The molecule has 7 nitrogen and oxygen atoms in total. The van der Waals surface area contributed by atoms with Gasteiger partial charge in [0.2, 0.25) is 0 Å². The number of aliphatic hydroxyl groups excluding tert-OH is 1. The van der Waals surface area contributed by atoms with E-state index in [1.807, 2.05) is 13.8 Å². The van der Waals surface area contributed by atoms with Crippen LogP contribution < -0.4 is 10.6 Å². The molecule has 1 saturated carbocycles. The number of nitrogens with zero attached hydrogens (tertiary/aromatic N) is 2. The van der Waals surface area contributed by atoms with E-state index in [0.717, 1.165) is 25.7 Å². The minimum absolute atomic E-state index is 0.0643. The predicted octanol–water partition coefficient (Wildman–Crippen LogP) is 2.04. The van der Waals surface area contributed by atoms with Crippen LogP contribution in [0.2, 0.25) is 0 Å². The van der Waals surface area contributed by atoms with Gasteiger partial charge < -0.3 is 15.7 Å². The molecule has 2 unspecified atom stereocenters. The number of hydrogen-bond acceptors (Lipinski definition) is 4. The van der Waals surface area contributed by atoms with Gasteiger partial charge >= 0.3 is 15.5 Å². The third kappa shape index (κ3) is 6.21. The Morgan fingerprint density at radius 3 is 2.41 bits per heavy atom. The van der Waals surface area contributed by atoms with E-state index in [2.05, 4.69) is 15.6 Å². The maximum absolute atomic E-state index is 12.7. The molecular formula is C18H33F3N4O3S. The van der Waals surface area contributed by atoms with E-state index in [-0.39, 0.29) is 30.5 Å². The molecule has 2 rings (SSSR count). The molecule has 3 N–H and O–H groups in total. The molecule has 1 aliphatic heterocycles. The molecule has 2 fully saturated rings. The highest BCUT2D eigenvalue weighted by Gasteiger charge is 2.50. The first-order valence-electron chi connectivity index (χ1n) is 10.3. The van der Waals surface area contributed by atoms with Crippen LogP contribution in [-0.4, -0.2) is 68.1 Å². The SMILES string of the molecule is CCNC(=NCC1(C)CCCCC1O)NCC1CCN(S(=O)(=O)C(F)(F)F)CC1. The number of aliphatic hydroxyl groups is 1. The number of hydrogen-bond donors (Lipinski definition) is 3. The van der Waals surface area contributed by atoms with Crippen LogP contribution in [0.25, 0.3) is 0 Å². The molecule has 1 aliphatic carbocycles. The minimum atomic E-state index is -5.25. The highest BCUT2D eigenvalue weighted by atomic mass is 32.2. The van der Waals surface area contributed by atoms with Gasteiger partial charge in [0.05, 0.1) is 12.6 Å². The molecule has 0 amide bonds. The van der Waals surface area contributed by atoms with Gasteiger partial charge in [0.1, 0.15) is 0 Å². The average molecular weight is 443 g/mol. The molecule has 0 spiro atoms. The van der Waals surface area contributed by atoms with E-state index in [4.69, 9.17) is 0 Å². The number of rotatable bonds is 6. The van der Waals surface area contributed by atoms with E-state index in [1.54, 1.807) is 0 Å². The highest BCUT2D eigenvalue weighted by Crippen LogP contribution is 2.36. The van der Waals surface area contributed by atoms with Crippen molar-refractivity contribution in [1.82, 2.24) is 14.9 Å². The third-order valence-corrected chi connectivity index (χ3v) is 7.62. The number of alkyl halides is 3. The van der Waals surface area contributed by atoms with E-state index < -0.39 is 15.5 Å². The quantitative estimate of drug-likeness (QED) is 0.432. The van der Waals surface area contributed by atoms with Crippen molar-refractivity contribution in [2.45, 2.75) is 64.0 Å². The summed E-state index contributed by atoms with van der Waals surface area (Å²) in [4.78, 5) is 4.61. The van der Waals surface area contributed by atoms with E-state index in [0.29, 0.717) is 42.7 Å². The van der Waals surface area contributed by atoms with Crippen molar-refractivity contribution in [3.63, 3.8) is 0 Å². The summed E-state index contributed by atoms with van der Waals surface area (Å²) in [5.41, 5.74) is -5.50. The summed E-state index contributed by atoms with van der Waals surface area (Å²) >= 11 is 0. The standard InChI is InChI=1S/C18H33F3N4O3S/c1-3-22-16(24-13-17(2)9-5-4-6-15(17)26)23-12-14-7-10-25(11-8-14)29(27,28)18(19,20)21/h14-15,26H,3-13H2,1-2H3,(H2,22,23,24). The average Bonchev–Trinajstić information content (AvgIpc) is 2.66. The maximum atomic E-state index is 12.7. The Hall–Kier alpha value is -1.07. The number of sulfonamides is 1. The Bertz CT molecular complexity index is 664. The summed E-state index contributed by atoms with van der Waals surface area (Å²) in [5, 5.41) is 16.7. The molecule has 2 atom stereocenters. The van der Waals surface area contributed by atoms with Crippen LogP contribution >= 0.6 is 0 Å². The van der Waals surface area contributed by atoms with Crippen molar-refractivity contribution in [2.75, 3.05) is 32.7 Å². The first-order valence-corrected chi connectivity index (χ1v) is 11.7. The first-order chi connectivity index (χ1) is 13.5. The minimum Gasteiger partial charge on any atom is -0.392 e. The van der Waals surface area contributed by atoms with Crippen LogP contribution in [0.15, 0.2) is 4.99 Å². The normalized spacial score (nSPS) is 28.3. The van der Waals surface area contributed by atoms with Crippen LogP contribution in [0.4, 0.5) is 13.2 Å². The van der Waals surface area contributed by atoms with Crippen LogP contribution in [0, 0.1) is 11.3 Å². The summed E-state index contributed by atoms with van der Waals surface area (Å²) < 4.78 is 61.5. The Morgan fingerprint density at radius 1 is 1.21 bits per heavy atom. The van der Waals surface area contributed by atoms with Gasteiger partial charge in [0.15, 0.2) is 5.96 Å². The third-order valence-electron chi connectivity index (χ3n) is 5.99. The van der Waals surface area contributed by atoms with Crippen LogP contribution in [-0.2, 0) is 10.0 Å². The summed E-state index contributed by atoms with van der Waals surface area (Å²) in [7, 11) is -5.24. The van der Waals surface area contributed by atoms with Gasteiger partial charge in [-0.1, -0.05) is 19.8 Å². The van der Waals surface area contributed by atoms with Gasteiger partial charge in [0, 0.05) is 31.6 Å². The van der Waals surface area contributed by atoms with Crippen LogP contribution in [0.5, 0.6) is 0 Å². The zero-order chi connectivity index (χ0) is 21.7. The van der Waals surface area contributed by atoms with Crippen LogP contribution in [0.3, 0.4) is 0 Å². The Morgan fingerprint density at radius 2 is 1.86 bits per heavy atom. The van der Waals surface area contributed by atoms with E-state index >= 15 is 0 Å². The van der Waals surface area contributed by atoms with Crippen molar-refractivity contribution in [3.05, 3.63) is 0 Å². The fourth-order valence-electron chi connectivity index (χ4n) is 3.91. The molecule has 170 valence electrons. The molecule has 29 heavy (non-hydrogen) atoms. The fourth-order valence-corrected chi connectivity index (χ4v) is 4.89. The zero-order valence-electron chi connectivity index (χ0n) is 17.1. The number of guanidine groups is 1. The Balaban J connectivity index is 1.87. The maximum Gasteiger partial charge on any atom is 0.511 e. The molecule has 0 radical (unpaired) electrons. The second-order valence-electron chi connectivity index (χ2n) is 8.28. The van der Waals surface area contributed by atoms with Crippen molar-refractivity contribution in [3.8, 4) is 0 Å². The predicted molar refractivity (Wildman–Crippen MR) is 106 cm³/mol. The highest BCUT2D eigenvalue weighted by molar-refractivity contribution is 7.90. The topological polar surface area (TPSA) is 94.0 Å². The van der Waals surface area contributed by atoms with Gasteiger partial charge in [-0.05, 0) is 38.5 Å². The molecular weight excluding hydrogens is 409 g/mol. The lowest BCUT2D eigenvalue weighted by molar-refractivity contribution is -0.0496. The largest absolute Gasteiger partial charge is 0.511 e. The summed E-state index contributed by atoms with van der Waals surface area (Å²) in [6.07, 6.45) is 4.16. The Kier molecular flexibility index (Phi) is 8.20. The lowest BCUT2D eigenvalue weighted by atomic mass is 9.73. The van der Waals surface area contributed by atoms with E-state index in [1.165, 1.54) is 0 Å². The van der Waals surface area contributed by atoms with Gasteiger partial charge in [-0.25, -0.2) is 8.42 Å². The lowest BCUT2D eigenvalue weighted by Crippen LogP contribution is -2.47. The summed E-state index contributed by atoms with van der Waals surface area (Å²) in [5.74, 6) is 0.672. The van der Waals surface area contributed by atoms with Crippen LogP contribution in [0.1, 0.15) is 52.4 Å². The van der Waals surface area contributed by atoms with Gasteiger partial charge in [-0.15, -0.1) is 0 Å². The number of nitrogens with one attached hydrogen (secondary N) is 2. The van der Waals surface area contributed by atoms with Crippen molar-refractivity contribution in [1.29, 1.82) is 0 Å². The molecule has 11 heteroatoms. The van der Waals surface area contributed by atoms with Gasteiger partial charge in [-0.3, -0.25) is 4.99 Å². The smallest absolute Gasteiger partial charge is 0.392 e. The van der Waals surface area contributed by atoms with Crippen molar-refractivity contribution < 1.29 is 26.7 Å². The number of aliphatic imine (C=N–C) groups is 1. The first kappa shape index (κ1) is 24.2. The van der Waals surface area contributed by atoms with Gasteiger partial charge in [-0.2, -0.15) is 17.5 Å². The monoisotopic (exact) mass is 442 g/mol. The second-order valence-corrected chi connectivity index (χ2v) is 10.2.